The molecule has 7 heteroatoms. The van der Waals surface area contributed by atoms with Crippen LogP contribution in [-0.4, -0.2) is 44.0 Å². The number of carbonyl (C=O) groups excluding carboxylic acids is 1. The van der Waals surface area contributed by atoms with E-state index < -0.39 is 15.9 Å². The van der Waals surface area contributed by atoms with Gasteiger partial charge in [0, 0.05) is 13.1 Å². The fraction of sp³-hybridized carbons (Fsp3) is 0.900. The molecule has 4 N–H and O–H groups in total. The number of hydrogen-bond donors (Lipinski definition) is 2. The van der Waals surface area contributed by atoms with Crippen molar-refractivity contribution in [3.8, 4) is 0 Å². The molecule has 17 heavy (non-hydrogen) atoms. The van der Waals surface area contributed by atoms with Crippen molar-refractivity contribution in [3.05, 3.63) is 0 Å². The maximum absolute atomic E-state index is 12.0. The number of nitrogens with zero attached hydrogens (tertiary/aromatic N) is 1. The van der Waals surface area contributed by atoms with Crippen molar-refractivity contribution in [2.45, 2.75) is 25.7 Å². The average molecular weight is 263 g/mol. The van der Waals surface area contributed by atoms with Gasteiger partial charge in [-0.05, 0) is 32.2 Å². The fourth-order valence-electron chi connectivity index (χ4n) is 1.99. The van der Waals surface area contributed by atoms with Crippen molar-refractivity contribution < 1.29 is 13.2 Å². The van der Waals surface area contributed by atoms with E-state index in [4.69, 9.17) is 11.5 Å². The molecule has 0 aromatic heterocycles. The monoisotopic (exact) mass is 263 g/mol. The standard InChI is InChI=1S/C10H21N3O3S/c11-5-1-2-7-17(15,16)13-6-3-4-9(8-13)10(12)14/h9H,1-8,11H2,(H2,12,14). The highest BCUT2D eigenvalue weighted by Gasteiger charge is 2.30. The number of piperidine rings is 1. The van der Waals surface area contributed by atoms with Crippen LogP contribution in [0.2, 0.25) is 0 Å². The summed E-state index contributed by atoms with van der Waals surface area (Å²) in [5.74, 6) is -0.643. The van der Waals surface area contributed by atoms with E-state index in [-0.39, 0.29) is 18.2 Å². The molecule has 0 saturated carbocycles. The largest absolute Gasteiger partial charge is 0.369 e. The molecule has 0 bridgehead atoms. The number of hydrogen-bond acceptors (Lipinski definition) is 4. The highest BCUT2D eigenvalue weighted by molar-refractivity contribution is 7.89. The second-order valence-electron chi connectivity index (χ2n) is 4.41. The summed E-state index contributed by atoms with van der Waals surface area (Å²) in [4.78, 5) is 11.1. The molecule has 1 unspecified atom stereocenters. The zero-order valence-electron chi connectivity index (χ0n) is 9.97. The summed E-state index contributed by atoms with van der Waals surface area (Å²) in [5, 5.41) is 0. The molecule has 100 valence electrons. The Labute approximate surface area is 102 Å². The van der Waals surface area contributed by atoms with Gasteiger partial charge in [-0.2, -0.15) is 0 Å². The molecule has 1 rings (SSSR count). The van der Waals surface area contributed by atoms with E-state index in [9.17, 15) is 13.2 Å². The van der Waals surface area contributed by atoms with Crippen LogP contribution < -0.4 is 11.5 Å². The SMILES string of the molecule is NCCCCS(=O)(=O)N1CCCC(C(N)=O)C1. The summed E-state index contributed by atoms with van der Waals surface area (Å²) >= 11 is 0. The lowest BCUT2D eigenvalue weighted by Crippen LogP contribution is -2.44. The zero-order chi connectivity index (χ0) is 12.9. The molecule has 0 aliphatic carbocycles. The lowest BCUT2D eigenvalue weighted by atomic mass is 9.99. The highest BCUT2D eigenvalue weighted by atomic mass is 32.2. The fourth-order valence-corrected chi connectivity index (χ4v) is 3.63. The number of unbranched alkanes of at least 4 members (excludes halogenated alkanes) is 1. The number of sulfonamides is 1. The Hall–Kier alpha value is -0.660. The maximum Gasteiger partial charge on any atom is 0.221 e. The molecule has 1 saturated heterocycles. The van der Waals surface area contributed by atoms with E-state index in [1.807, 2.05) is 0 Å². The van der Waals surface area contributed by atoms with Crippen LogP contribution in [0.5, 0.6) is 0 Å². The second kappa shape index (κ2) is 6.32. The summed E-state index contributed by atoms with van der Waals surface area (Å²) in [6.07, 6.45) is 2.65. The van der Waals surface area contributed by atoms with Crippen LogP contribution in [0.4, 0.5) is 0 Å². The normalized spacial score (nSPS) is 22.5. The van der Waals surface area contributed by atoms with Crippen molar-refractivity contribution in [1.29, 1.82) is 0 Å². The van der Waals surface area contributed by atoms with Gasteiger partial charge in [0.05, 0.1) is 11.7 Å². The highest BCUT2D eigenvalue weighted by Crippen LogP contribution is 2.19. The van der Waals surface area contributed by atoms with Crippen LogP contribution >= 0.6 is 0 Å². The molecule has 1 fully saturated rings. The van der Waals surface area contributed by atoms with E-state index in [0.717, 1.165) is 0 Å². The van der Waals surface area contributed by atoms with E-state index in [1.54, 1.807) is 0 Å². The van der Waals surface area contributed by atoms with Crippen LogP contribution in [0.1, 0.15) is 25.7 Å². The number of carbonyl (C=O) groups is 1. The lowest BCUT2D eigenvalue weighted by molar-refractivity contribution is -0.122. The first-order valence-electron chi connectivity index (χ1n) is 5.94. The topological polar surface area (TPSA) is 106 Å². The van der Waals surface area contributed by atoms with Gasteiger partial charge in [0.1, 0.15) is 0 Å². The summed E-state index contributed by atoms with van der Waals surface area (Å²) in [6.45, 7) is 1.23. The van der Waals surface area contributed by atoms with Gasteiger partial charge in [-0.1, -0.05) is 0 Å². The third kappa shape index (κ3) is 4.25. The molecule has 1 atom stereocenters. The van der Waals surface area contributed by atoms with Gasteiger partial charge in [-0.3, -0.25) is 4.79 Å². The van der Waals surface area contributed by atoms with Crippen molar-refractivity contribution in [3.63, 3.8) is 0 Å². The molecule has 0 spiro atoms. The molecule has 0 aromatic carbocycles. The second-order valence-corrected chi connectivity index (χ2v) is 6.50. The first kappa shape index (κ1) is 14.4. The minimum atomic E-state index is -3.25. The predicted molar refractivity (Wildman–Crippen MR) is 65.6 cm³/mol. The molecule has 0 radical (unpaired) electrons. The lowest BCUT2D eigenvalue weighted by Gasteiger charge is -2.30. The number of amides is 1. The van der Waals surface area contributed by atoms with Gasteiger partial charge in [0.15, 0.2) is 0 Å². The van der Waals surface area contributed by atoms with Crippen LogP contribution in [0.25, 0.3) is 0 Å². The van der Waals surface area contributed by atoms with Gasteiger partial charge in [-0.25, -0.2) is 12.7 Å². The molecule has 0 aromatic rings. The first-order valence-corrected chi connectivity index (χ1v) is 7.55. The van der Waals surface area contributed by atoms with Crippen molar-refractivity contribution in [2.75, 3.05) is 25.4 Å². The Morgan fingerprint density at radius 2 is 2.06 bits per heavy atom. The summed E-state index contributed by atoms with van der Waals surface area (Å²) in [7, 11) is -3.25. The Morgan fingerprint density at radius 3 is 2.65 bits per heavy atom. The van der Waals surface area contributed by atoms with Crippen molar-refractivity contribution >= 4 is 15.9 Å². The average Bonchev–Trinajstić information content (AvgIpc) is 2.29. The van der Waals surface area contributed by atoms with E-state index >= 15 is 0 Å². The molecule has 1 heterocycles. The van der Waals surface area contributed by atoms with Crippen molar-refractivity contribution in [2.24, 2.45) is 17.4 Å². The third-order valence-corrected chi connectivity index (χ3v) is 4.96. The van der Waals surface area contributed by atoms with Gasteiger partial charge < -0.3 is 11.5 Å². The molecule has 6 nitrogen and oxygen atoms in total. The molecule has 1 aliphatic rings. The quantitative estimate of drug-likeness (QED) is 0.615. The smallest absolute Gasteiger partial charge is 0.221 e. The van der Waals surface area contributed by atoms with Gasteiger partial charge in [-0.15, -0.1) is 0 Å². The Kier molecular flexibility index (Phi) is 5.35. The maximum atomic E-state index is 12.0. The number of primary amides is 1. The third-order valence-electron chi connectivity index (χ3n) is 3.04. The van der Waals surface area contributed by atoms with Crippen molar-refractivity contribution in [1.82, 2.24) is 4.31 Å². The number of rotatable bonds is 6. The molecule has 1 amide bonds. The minimum absolute atomic E-state index is 0.107. The van der Waals surface area contributed by atoms with E-state index in [1.165, 1.54) is 4.31 Å². The van der Waals surface area contributed by atoms with Crippen LogP contribution in [0.15, 0.2) is 0 Å². The summed E-state index contributed by atoms with van der Waals surface area (Å²) in [6, 6.07) is 0. The van der Waals surface area contributed by atoms with Crippen LogP contribution in [0.3, 0.4) is 0 Å². The summed E-state index contributed by atoms with van der Waals surface area (Å²) < 4.78 is 25.3. The minimum Gasteiger partial charge on any atom is -0.369 e. The molecular weight excluding hydrogens is 242 g/mol. The van der Waals surface area contributed by atoms with Gasteiger partial charge >= 0.3 is 0 Å². The Morgan fingerprint density at radius 1 is 1.35 bits per heavy atom. The Bertz CT molecular complexity index is 356. The van der Waals surface area contributed by atoms with E-state index in [2.05, 4.69) is 0 Å². The van der Waals surface area contributed by atoms with Crippen LogP contribution in [0, 0.1) is 5.92 Å². The van der Waals surface area contributed by atoms with E-state index in [0.29, 0.717) is 38.8 Å². The number of nitrogens with two attached hydrogens (primary N) is 2. The Balaban J connectivity index is 2.55. The van der Waals surface area contributed by atoms with Gasteiger partial charge in [0.2, 0.25) is 15.9 Å². The predicted octanol–water partition coefficient (Wildman–Crippen LogP) is -0.748. The van der Waals surface area contributed by atoms with Gasteiger partial charge in [0.25, 0.3) is 0 Å². The summed E-state index contributed by atoms with van der Waals surface area (Å²) in [5.41, 5.74) is 10.5. The molecule has 1 aliphatic heterocycles. The first-order chi connectivity index (χ1) is 7.97. The molecular formula is C10H21N3O3S. The van der Waals surface area contributed by atoms with Crippen LogP contribution in [-0.2, 0) is 14.8 Å². The zero-order valence-corrected chi connectivity index (χ0v) is 10.8.